The molecule has 0 unspecified atom stereocenters. The maximum absolute atomic E-state index is 12.3. The van der Waals surface area contributed by atoms with Crippen molar-refractivity contribution in [3.05, 3.63) is 33.8 Å². The van der Waals surface area contributed by atoms with Gasteiger partial charge >= 0.3 is 5.97 Å². The van der Waals surface area contributed by atoms with E-state index in [0.29, 0.717) is 29.7 Å². The Bertz CT molecular complexity index is 655. The predicted molar refractivity (Wildman–Crippen MR) is 103 cm³/mol. The Kier molecular flexibility index (Phi) is 8.63. The summed E-state index contributed by atoms with van der Waals surface area (Å²) in [5, 5.41) is 15.8. The van der Waals surface area contributed by atoms with Gasteiger partial charge in [-0.25, -0.2) is 4.79 Å². The number of carboxylic acids is 1. The maximum Gasteiger partial charge on any atom is 0.328 e. The topological polar surface area (TPSA) is 87.7 Å². The molecule has 9 heteroatoms. The van der Waals surface area contributed by atoms with Crippen LogP contribution in [0.2, 0.25) is 10.0 Å². The number of rotatable bonds is 5. The van der Waals surface area contributed by atoms with Gasteiger partial charge in [-0.2, -0.15) is 0 Å². The van der Waals surface area contributed by atoms with Crippen molar-refractivity contribution in [3.63, 3.8) is 0 Å². The summed E-state index contributed by atoms with van der Waals surface area (Å²) in [6.45, 7) is 4.66. The van der Waals surface area contributed by atoms with E-state index in [1.165, 1.54) is 13.8 Å². The van der Waals surface area contributed by atoms with Crippen LogP contribution in [0.3, 0.4) is 0 Å². The second-order valence-corrected chi connectivity index (χ2v) is 7.43. The van der Waals surface area contributed by atoms with Crippen LogP contribution < -0.4 is 10.6 Å². The molecule has 0 bridgehead atoms. The Balaban J connectivity index is 0.00000338. The Morgan fingerprint density at radius 3 is 2.65 bits per heavy atom. The molecule has 1 aromatic carbocycles. The minimum atomic E-state index is -1.32. The van der Waals surface area contributed by atoms with Gasteiger partial charge < -0.3 is 20.5 Å². The smallest absolute Gasteiger partial charge is 0.328 e. The highest BCUT2D eigenvalue weighted by Gasteiger charge is 2.33. The molecule has 0 aromatic heterocycles. The Morgan fingerprint density at radius 2 is 2.04 bits per heavy atom. The molecule has 1 aliphatic rings. The van der Waals surface area contributed by atoms with Gasteiger partial charge in [0.05, 0.1) is 22.8 Å². The van der Waals surface area contributed by atoms with Gasteiger partial charge in [0, 0.05) is 25.4 Å². The summed E-state index contributed by atoms with van der Waals surface area (Å²) in [7, 11) is 0. The number of carboxylic acid groups (broad SMARTS) is 1. The van der Waals surface area contributed by atoms with Gasteiger partial charge in [0.1, 0.15) is 5.54 Å². The van der Waals surface area contributed by atoms with Gasteiger partial charge in [0.25, 0.3) is 0 Å². The van der Waals surface area contributed by atoms with E-state index in [4.69, 9.17) is 33.0 Å². The van der Waals surface area contributed by atoms with Gasteiger partial charge in [0.15, 0.2) is 0 Å². The van der Waals surface area contributed by atoms with E-state index < -0.39 is 11.5 Å². The first-order valence-corrected chi connectivity index (χ1v) is 8.78. The number of halogens is 3. The average molecular weight is 426 g/mol. The molecule has 1 heterocycles. The van der Waals surface area contributed by atoms with E-state index in [1.807, 2.05) is 6.07 Å². The van der Waals surface area contributed by atoms with E-state index in [0.717, 1.165) is 5.56 Å². The number of aliphatic carboxylic acids is 1. The molecular formula is C17H23Cl3N2O4. The molecule has 0 spiro atoms. The molecule has 1 saturated heterocycles. The lowest BCUT2D eigenvalue weighted by Gasteiger charge is -2.27. The first kappa shape index (κ1) is 23.0. The fourth-order valence-electron chi connectivity index (χ4n) is 2.72. The molecule has 1 aliphatic heterocycles. The molecule has 26 heavy (non-hydrogen) atoms. The van der Waals surface area contributed by atoms with Crippen LogP contribution in [0, 0.1) is 5.92 Å². The summed E-state index contributed by atoms with van der Waals surface area (Å²) < 4.78 is 5.91. The number of nitrogens with one attached hydrogen (secondary N) is 2. The van der Waals surface area contributed by atoms with Crippen LogP contribution >= 0.6 is 35.6 Å². The lowest BCUT2D eigenvalue weighted by Crippen LogP contribution is -2.50. The molecule has 6 nitrogen and oxygen atoms in total. The molecule has 146 valence electrons. The third-order valence-electron chi connectivity index (χ3n) is 4.12. The van der Waals surface area contributed by atoms with Crippen LogP contribution in [-0.4, -0.2) is 42.2 Å². The molecule has 2 atom stereocenters. The Labute approximate surface area is 169 Å². The molecule has 1 fully saturated rings. The maximum atomic E-state index is 12.3. The second-order valence-electron chi connectivity index (χ2n) is 6.61. The van der Waals surface area contributed by atoms with Gasteiger partial charge in [-0.05, 0) is 31.5 Å². The standard InChI is InChI=1S/C17H22Cl2N2O4.ClH/c1-17(2,16(23)24)21-14(22)8-11-9-20-5-6-25-15(11)10-3-4-12(18)13(19)7-10;/h3-4,7,11,15,20H,5-6,8-9H2,1-2H3,(H,21,22)(H,23,24);1H/t11-,15+;/m1./s1. The van der Waals surface area contributed by atoms with Crippen molar-refractivity contribution in [3.8, 4) is 0 Å². The highest BCUT2D eigenvalue weighted by atomic mass is 35.5. The first-order chi connectivity index (χ1) is 11.7. The van der Waals surface area contributed by atoms with Crippen LogP contribution in [0.4, 0.5) is 0 Å². The molecule has 0 saturated carbocycles. The fraction of sp³-hybridized carbons (Fsp3) is 0.529. The predicted octanol–water partition coefficient (Wildman–Crippen LogP) is 3.06. The molecule has 3 N–H and O–H groups in total. The number of ether oxygens (including phenoxy) is 1. The summed E-state index contributed by atoms with van der Waals surface area (Å²) in [5.41, 5.74) is -0.483. The number of carbonyl (C=O) groups excluding carboxylic acids is 1. The third kappa shape index (κ3) is 5.99. The van der Waals surface area contributed by atoms with Gasteiger partial charge in [-0.1, -0.05) is 29.3 Å². The van der Waals surface area contributed by atoms with E-state index >= 15 is 0 Å². The molecule has 0 aliphatic carbocycles. The second kappa shape index (κ2) is 9.76. The number of amides is 1. The number of benzene rings is 1. The normalized spacial score (nSPS) is 20.6. The third-order valence-corrected chi connectivity index (χ3v) is 4.86. The van der Waals surface area contributed by atoms with Crippen molar-refractivity contribution in [2.45, 2.75) is 31.9 Å². The minimum Gasteiger partial charge on any atom is -0.480 e. The minimum absolute atomic E-state index is 0. The average Bonchev–Trinajstić information content (AvgIpc) is 2.75. The SMILES string of the molecule is CC(C)(NC(=O)C[C@@H]1CNCCO[C@H]1c1ccc(Cl)c(Cl)c1)C(=O)O.Cl. The lowest BCUT2D eigenvalue weighted by molar-refractivity contribution is -0.146. The molecular weight excluding hydrogens is 403 g/mol. The van der Waals surface area contributed by atoms with Crippen molar-refractivity contribution in [2.75, 3.05) is 19.7 Å². The quantitative estimate of drug-likeness (QED) is 0.675. The van der Waals surface area contributed by atoms with E-state index in [2.05, 4.69) is 10.6 Å². The van der Waals surface area contributed by atoms with Crippen molar-refractivity contribution in [1.29, 1.82) is 0 Å². The summed E-state index contributed by atoms with van der Waals surface area (Å²) in [6.07, 6.45) is -0.197. The first-order valence-electron chi connectivity index (χ1n) is 8.02. The van der Waals surface area contributed by atoms with E-state index in [1.54, 1.807) is 12.1 Å². The van der Waals surface area contributed by atoms with Gasteiger partial charge in [-0.15, -0.1) is 12.4 Å². The number of hydrogen-bond donors (Lipinski definition) is 3. The zero-order chi connectivity index (χ0) is 18.6. The monoisotopic (exact) mass is 424 g/mol. The van der Waals surface area contributed by atoms with Crippen LogP contribution in [0.1, 0.15) is 31.9 Å². The van der Waals surface area contributed by atoms with Gasteiger partial charge in [0.2, 0.25) is 5.91 Å². The zero-order valence-electron chi connectivity index (χ0n) is 14.6. The zero-order valence-corrected chi connectivity index (χ0v) is 16.9. The van der Waals surface area contributed by atoms with Crippen LogP contribution in [0.5, 0.6) is 0 Å². The Hall–Kier alpha value is -1.05. The highest BCUT2D eigenvalue weighted by molar-refractivity contribution is 6.42. The largest absolute Gasteiger partial charge is 0.480 e. The van der Waals surface area contributed by atoms with Crippen molar-refractivity contribution < 1.29 is 19.4 Å². The lowest BCUT2D eigenvalue weighted by atomic mass is 9.91. The summed E-state index contributed by atoms with van der Waals surface area (Å²) >= 11 is 12.1. The highest BCUT2D eigenvalue weighted by Crippen LogP contribution is 2.33. The summed E-state index contributed by atoms with van der Waals surface area (Å²) in [6, 6.07) is 5.27. The van der Waals surface area contributed by atoms with Crippen molar-refractivity contribution in [2.24, 2.45) is 5.92 Å². The van der Waals surface area contributed by atoms with Crippen LogP contribution in [-0.2, 0) is 14.3 Å². The number of carbonyl (C=O) groups is 2. The van der Waals surface area contributed by atoms with E-state index in [9.17, 15) is 9.59 Å². The van der Waals surface area contributed by atoms with Crippen molar-refractivity contribution in [1.82, 2.24) is 10.6 Å². The van der Waals surface area contributed by atoms with Crippen LogP contribution in [0.25, 0.3) is 0 Å². The summed E-state index contributed by atoms with van der Waals surface area (Å²) in [4.78, 5) is 23.5. The molecule has 2 rings (SSSR count). The van der Waals surface area contributed by atoms with Crippen molar-refractivity contribution >= 4 is 47.5 Å². The molecule has 1 aromatic rings. The molecule has 1 amide bonds. The fourth-order valence-corrected chi connectivity index (χ4v) is 3.02. The number of hydrogen-bond acceptors (Lipinski definition) is 4. The van der Waals surface area contributed by atoms with Gasteiger partial charge in [-0.3, -0.25) is 4.79 Å². The Morgan fingerprint density at radius 1 is 1.35 bits per heavy atom. The molecule has 0 radical (unpaired) electrons. The summed E-state index contributed by atoms with van der Waals surface area (Å²) in [5.74, 6) is -1.59. The van der Waals surface area contributed by atoms with E-state index in [-0.39, 0.29) is 36.8 Å². The van der Waals surface area contributed by atoms with Crippen LogP contribution in [0.15, 0.2) is 18.2 Å².